The Hall–Kier alpha value is -2.39. The van der Waals surface area contributed by atoms with E-state index in [0.29, 0.717) is 5.56 Å². The van der Waals surface area contributed by atoms with Crippen LogP contribution in [0.5, 0.6) is 0 Å². The van der Waals surface area contributed by atoms with E-state index in [1.807, 2.05) is 0 Å². The number of rotatable bonds is 6. The molecule has 1 aromatic heterocycles. The Morgan fingerprint density at radius 3 is 2.71 bits per heavy atom. The maximum atomic E-state index is 12.2. The van der Waals surface area contributed by atoms with Crippen LogP contribution in [0.1, 0.15) is 5.56 Å². The lowest BCUT2D eigenvalue weighted by Gasteiger charge is -2.09. The Morgan fingerprint density at radius 2 is 2.05 bits per heavy atom. The van der Waals surface area contributed by atoms with Crippen molar-refractivity contribution in [2.75, 3.05) is 4.72 Å². The van der Waals surface area contributed by atoms with Crippen LogP contribution >= 0.6 is 0 Å². The molecule has 0 atom stereocenters. The number of benzene rings is 1. The second-order valence-corrected chi connectivity index (χ2v) is 5.87. The zero-order chi connectivity index (χ0) is 15.5. The van der Waals surface area contributed by atoms with Crippen molar-refractivity contribution in [3.63, 3.8) is 0 Å². The third-order valence-corrected chi connectivity index (χ3v) is 3.97. The van der Waals surface area contributed by atoms with Crippen LogP contribution in [0, 0.1) is 0 Å². The summed E-state index contributed by atoms with van der Waals surface area (Å²) in [6, 6.07) is 6.41. The first kappa shape index (κ1) is 15.0. The van der Waals surface area contributed by atoms with E-state index in [1.165, 1.54) is 6.07 Å². The SMILES string of the molecule is O=C(O)Cn1cc(S(=O)(=O)Nc2ccccc2CO)cn1. The average molecular weight is 311 g/mol. The first-order valence-electron chi connectivity index (χ1n) is 5.88. The fourth-order valence-electron chi connectivity index (χ4n) is 1.67. The van der Waals surface area contributed by atoms with Gasteiger partial charge < -0.3 is 10.2 Å². The minimum absolute atomic E-state index is 0.156. The van der Waals surface area contributed by atoms with Crippen molar-refractivity contribution in [3.05, 3.63) is 42.2 Å². The van der Waals surface area contributed by atoms with Gasteiger partial charge in [-0.1, -0.05) is 18.2 Å². The molecule has 0 unspecified atom stereocenters. The van der Waals surface area contributed by atoms with Crippen molar-refractivity contribution in [1.29, 1.82) is 0 Å². The summed E-state index contributed by atoms with van der Waals surface area (Å²) in [7, 11) is -3.90. The quantitative estimate of drug-likeness (QED) is 0.703. The van der Waals surface area contributed by atoms with Crippen LogP contribution < -0.4 is 4.72 Å². The first-order chi connectivity index (χ1) is 9.92. The van der Waals surface area contributed by atoms with Gasteiger partial charge in [-0.3, -0.25) is 14.2 Å². The Bertz CT molecular complexity index is 754. The van der Waals surface area contributed by atoms with E-state index in [1.54, 1.807) is 18.2 Å². The van der Waals surface area contributed by atoms with Crippen molar-refractivity contribution >= 4 is 21.7 Å². The molecule has 0 aliphatic carbocycles. The molecule has 0 bridgehead atoms. The molecular weight excluding hydrogens is 298 g/mol. The van der Waals surface area contributed by atoms with Crippen molar-refractivity contribution in [2.24, 2.45) is 0 Å². The van der Waals surface area contributed by atoms with Gasteiger partial charge in [0.1, 0.15) is 11.4 Å². The summed E-state index contributed by atoms with van der Waals surface area (Å²) in [5.74, 6) is -1.12. The van der Waals surface area contributed by atoms with E-state index in [0.717, 1.165) is 17.1 Å². The molecule has 21 heavy (non-hydrogen) atoms. The lowest BCUT2D eigenvalue weighted by Crippen LogP contribution is -2.14. The van der Waals surface area contributed by atoms with Gasteiger partial charge in [-0.05, 0) is 6.07 Å². The van der Waals surface area contributed by atoms with Crippen LogP contribution in [0.15, 0.2) is 41.6 Å². The van der Waals surface area contributed by atoms with Crippen molar-refractivity contribution in [2.45, 2.75) is 18.0 Å². The number of carbonyl (C=O) groups is 1. The lowest BCUT2D eigenvalue weighted by atomic mass is 10.2. The van der Waals surface area contributed by atoms with Crippen LogP contribution in [0.25, 0.3) is 0 Å². The van der Waals surface area contributed by atoms with Gasteiger partial charge in [0.15, 0.2) is 0 Å². The highest BCUT2D eigenvalue weighted by Crippen LogP contribution is 2.19. The standard InChI is InChI=1S/C12H13N3O5S/c16-8-9-3-1-2-4-11(9)14-21(19,20)10-5-13-15(6-10)7-12(17)18/h1-6,14,16H,7-8H2,(H,17,18). The highest BCUT2D eigenvalue weighted by atomic mass is 32.2. The minimum atomic E-state index is -3.90. The molecule has 0 amide bonds. The van der Waals surface area contributed by atoms with Gasteiger partial charge in [-0.15, -0.1) is 0 Å². The Kier molecular flexibility index (Phi) is 4.24. The number of para-hydroxylation sites is 1. The molecule has 2 aromatic rings. The van der Waals surface area contributed by atoms with Gasteiger partial charge in [0, 0.05) is 11.8 Å². The van der Waals surface area contributed by atoms with Gasteiger partial charge in [-0.25, -0.2) is 8.42 Å². The van der Waals surface area contributed by atoms with E-state index < -0.39 is 22.5 Å². The maximum absolute atomic E-state index is 12.2. The molecule has 0 spiro atoms. The minimum Gasteiger partial charge on any atom is -0.480 e. The second kappa shape index (κ2) is 5.94. The molecule has 8 nitrogen and oxygen atoms in total. The third kappa shape index (κ3) is 3.58. The summed E-state index contributed by atoms with van der Waals surface area (Å²) in [5.41, 5.74) is 0.685. The van der Waals surface area contributed by atoms with Crippen molar-refractivity contribution in [1.82, 2.24) is 9.78 Å². The van der Waals surface area contributed by atoms with Gasteiger partial charge in [0.2, 0.25) is 0 Å². The summed E-state index contributed by atoms with van der Waals surface area (Å²) in [6.45, 7) is -0.736. The number of nitrogens with one attached hydrogen (secondary N) is 1. The zero-order valence-electron chi connectivity index (χ0n) is 10.8. The van der Waals surface area contributed by atoms with E-state index in [4.69, 9.17) is 5.11 Å². The number of carboxylic acids is 1. The summed E-state index contributed by atoms with van der Waals surface area (Å²) in [6.07, 6.45) is 2.19. The molecule has 112 valence electrons. The van der Waals surface area contributed by atoms with E-state index >= 15 is 0 Å². The van der Waals surface area contributed by atoms with Gasteiger partial charge in [-0.2, -0.15) is 5.10 Å². The first-order valence-corrected chi connectivity index (χ1v) is 7.36. The Morgan fingerprint density at radius 1 is 1.33 bits per heavy atom. The molecule has 1 aromatic carbocycles. The fraction of sp³-hybridized carbons (Fsp3) is 0.167. The molecule has 2 rings (SSSR count). The molecule has 0 aliphatic heterocycles. The number of anilines is 1. The molecule has 0 aliphatic rings. The van der Waals surface area contributed by atoms with Crippen LogP contribution in [-0.2, 0) is 28.0 Å². The maximum Gasteiger partial charge on any atom is 0.325 e. The van der Waals surface area contributed by atoms with Crippen LogP contribution in [-0.4, -0.2) is 34.4 Å². The molecule has 3 N–H and O–H groups in total. The lowest BCUT2D eigenvalue weighted by molar-refractivity contribution is -0.137. The van der Waals surface area contributed by atoms with Gasteiger partial charge in [0.25, 0.3) is 10.0 Å². The Labute approximate surface area is 120 Å². The largest absolute Gasteiger partial charge is 0.480 e. The van der Waals surface area contributed by atoms with Crippen LogP contribution in [0.4, 0.5) is 5.69 Å². The molecule has 1 heterocycles. The number of aliphatic hydroxyl groups excluding tert-OH is 1. The molecule has 0 saturated heterocycles. The van der Waals surface area contributed by atoms with E-state index in [2.05, 4.69) is 9.82 Å². The molecule has 0 fully saturated rings. The van der Waals surface area contributed by atoms with Gasteiger partial charge >= 0.3 is 5.97 Å². The average Bonchev–Trinajstić information content (AvgIpc) is 2.87. The number of hydrogen-bond donors (Lipinski definition) is 3. The van der Waals surface area contributed by atoms with Crippen molar-refractivity contribution in [3.8, 4) is 0 Å². The number of aliphatic carboxylic acids is 1. The van der Waals surface area contributed by atoms with E-state index in [-0.39, 0.29) is 17.2 Å². The number of hydrogen-bond acceptors (Lipinski definition) is 5. The molecule has 0 saturated carbocycles. The normalized spacial score (nSPS) is 11.3. The number of aromatic nitrogens is 2. The molecule has 0 radical (unpaired) electrons. The predicted molar refractivity (Wildman–Crippen MR) is 73.0 cm³/mol. The summed E-state index contributed by atoms with van der Waals surface area (Å²) < 4.78 is 27.7. The molecular formula is C12H13N3O5S. The molecule has 9 heteroatoms. The van der Waals surface area contributed by atoms with Crippen molar-refractivity contribution < 1.29 is 23.4 Å². The predicted octanol–water partition coefficient (Wildman–Crippen LogP) is 0.261. The summed E-state index contributed by atoms with van der Waals surface area (Å²) in [4.78, 5) is 10.4. The summed E-state index contributed by atoms with van der Waals surface area (Å²) >= 11 is 0. The summed E-state index contributed by atoms with van der Waals surface area (Å²) in [5, 5.41) is 21.5. The zero-order valence-corrected chi connectivity index (χ0v) is 11.6. The Balaban J connectivity index is 2.26. The monoisotopic (exact) mass is 311 g/mol. The van der Waals surface area contributed by atoms with Crippen LogP contribution in [0.3, 0.4) is 0 Å². The fourth-order valence-corrected chi connectivity index (χ4v) is 2.72. The smallest absolute Gasteiger partial charge is 0.325 e. The number of carboxylic acid groups (broad SMARTS) is 1. The van der Waals surface area contributed by atoms with Gasteiger partial charge in [0.05, 0.1) is 18.5 Å². The third-order valence-electron chi connectivity index (χ3n) is 2.65. The number of sulfonamides is 1. The van der Waals surface area contributed by atoms with Crippen LogP contribution in [0.2, 0.25) is 0 Å². The highest BCUT2D eigenvalue weighted by Gasteiger charge is 2.18. The second-order valence-electron chi connectivity index (χ2n) is 4.19. The number of nitrogens with zero attached hydrogens (tertiary/aromatic N) is 2. The van der Waals surface area contributed by atoms with E-state index in [9.17, 15) is 18.3 Å². The number of aliphatic hydroxyl groups is 1. The topological polar surface area (TPSA) is 122 Å². The highest BCUT2D eigenvalue weighted by molar-refractivity contribution is 7.92.